The maximum Gasteiger partial charge on any atom is 0.272 e. The highest BCUT2D eigenvalue weighted by molar-refractivity contribution is 7.89. The molecule has 0 aromatic heterocycles. The molecule has 0 atom stereocenters. The second-order valence-corrected chi connectivity index (χ2v) is 8.15. The fraction of sp³-hybridized carbons (Fsp3) is 0.278. The molecule has 2 aromatic carbocycles. The maximum absolute atomic E-state index is 12.4. The summed E-state index contributed by atoms with van der Waals surface area (Å²) in [6.07, 6.45) is 4.03. The Labute approximate surface area is 157 Å². The Balaban J connectivity index is 1.56. The van der Waals surface area contributed by atoms with E-state index in [1.54, 1.807) is 36.4 Å². The number of benzene rings is 2. The molecular formula is C18H19ClN2O4S. The smallest absolute Gasteiger partial charge is 0.272 e. The Morgan fingerprint density at radius 3 is 2.46 bits per heavy atom. The van der Waals surface area contributed by atoms with E-state index in [4.69, 9.17) is 16.3 Å². The SMILES string of the molecule is O=C(COc1ccc(Cl)cc1)NNS(=O)(=O)c1ccc2c(c1)CCCC2. The van der Waals surface area contributed by atoms with E-state index in [1.807, 2.05) is 6.07 Å². The summed E-state index contributed by atoms with van der Waals surface area (Å²) >= 11 is 5.77. The van der Waals surface area contributed by atoms with Crippen LogP contribution in [0.5, 0.6) is 5.75 Å². The molecule has 2 aromatic rings. The summed E-state index contributed by atoms with van der Waals surface area (Å²) < 4.78 is 30.0. The van der Waals surface area contributed by atoms with Crippen LogP contribution in [0, 0.1) is 0 Å². The largest absolute Gasteiger partial charge is 0.484 e. The summed E-state index contributed by atoms with van der Waals surface area (Å²) in [7, 11) is -3.83. The van der Waals surface area contributed by atoms with Crippen molar-refractivity contribution in [3.05, 3.63) is 58.6 Å². The number of hydrogen-bond acceptors (Lipinski definition) is 4. The van der Waals surface area contributed by atoms with Crippen LogP contribution >= 0.6 is 11.6 Å². The average Bonchev–Trinajstić information content (AvgIpc) is 2.65. The Kier molecular flexibility index (Phi) is 5.80. The van der Waals surface area contributed by atoms with Gasteiger partial charge in [0.15, 0.2) is 6.61 Å². The van der Waals surface area contributed by atoms with Crippen LogP contribution < -0.4 is 15.0 Å². The Hall–Kier alpha value is -2.09. The third-order valence-electron chi connectivity index (χ3n) is 4.14. The van der Waals surface area contributed by atoms with Crippen molar-refractivity contribution in [1.82, 2.24) is 10.3 Å². The molecule has 6 nitrogen and oxygen atoms in total. The van der Waals surface area contributed by atoms with Crippen LogP contribution in [0.15, 0.2) is 47.4 Å². The fourth-order valence-electron chi connectivity index (χ4n) is 2.78. The Bertz CT molecular complexity index is 898. The monoisotopic (exact) mass is 394 g/mol. The number of ether oxygens (including phenoxy) is 1. The predicted molar refractivity (Wildman–Crippen MR) is 98.5 cm³/mol. The minimum Gasteiger partial charge on any atom is -0.484 e. The van der Waals surface area contributed by atoms with Crippen molar-refractivity contribution in [3.8, 4) is 5.75 Å². The van der Waals surface area contributed by atoms with Gasteiger partial charge in [-0.2, -0.15) is 0 Å². The van der Waals surface area contributed by atoms with Crippen LogP contribution in [0.2, 0.25) is 5.02 Å². The number of hydrazine groups is 1. The standard InChI is InChI=1S/C18H19ClN2O4S/c19-15-6-8-16(9-7-15)25-12-18(22)20-21-26(23,24)17-10-5-13-3-1-2-4-14(13)11-17/h5-11,21H,1-4,12H2,(H,20,22). The molecule has 3 rings (SSSR count). The van der Waals surface area contributed by atoms with E-state index in [0.29, 0.717) is 10.8 Å². The van der Waals surface area contributed by atoms with Gasteiger partial charge < -0.3 is 4.74 Å². The van der Waals surface area contributed by atoms with Crippen molar-refractivity contribution in [2.45, 2.75) is 30.6 Å². The summed E-state index contributed by atoms with van der Waals surface area (Å²) in [4.78, 5) is 14.0. The summed E-state index contributed by atoms with van der Waals surface area (Å²) in [6, 6.07) is 11.6. The lowest BCUT2D eigenvalue weighted by atomic mass is 9.92. The van der Waals surface area contributed by atoms with Crippen LogP contribution in [0.3, 0.4) is 0 Å². The van der Waals surface area contributed by atoms with Crippen LogP contribution in [0.4, 0.5) is 0 Å². The van der Waals surface area contributed by atoms with Gasteiger partial charge in [-0.15, -0.1) is 4.83 Å². The van der Waals surface area contributed by atoms with Crippen LogP contribution in [0.1, 0.15) is 24.0 Å². The molecule has 0 heterocycles. The van der Waals surface area contributed by atoms with Gasteiger partial charge >= 0.3 is 0 Å². The molecule has 1 aliphatic rings. The lowest BCUT2D eigenvalue weighted by Crippen LogP contribution is -2.43. The highest BCUT2D eigenvalue weighted by Crippen LogP contribution is 2.23. The van der Waals surface area contributed by atoms with Gasteiger partial charge in [0.1, 0.15) is 5.75 Å². The maximum atomic E-state index is 12.4. The summed E-state index contributed by atoms with van der Waals surface area (Å²) in [5, 5.41) is 0.555. The molecule has 1 aliphatic carbocycles. The zero-order valence-corrected chi connectivity index (χ0v) is 15.6. The second kappa shape index (κ2) is 8.07. The number of hydrogen-bond donors (Lipinski definition) is 2. The van der Waals surface area contributed by atoms with Crippen molar-refractivity contribution in [3.63, 3.8) is 0 Å². The normalized spacial score (nSPS) is 13.7. The Morgan fingerprint density at radius 1 is 1.04 bits per heavy atom. The molecule has 0 radical (unpaired) electrons. The molecule has 138 valence electrons. The van der Waals surface area contributed by atoms with Crippen molar-refractivity contribution < 1.29 is 17.9 Å². The zero-order valence-electron chi connectivity index (χ0n) is 14.0. The molecular weight excluding hydrogens is 376 g/mol. The highest BCUT2D eigenvalue weighted by atomic mass is 35.5. The third kappa shape index (κ3) is 4.75. The molecule has 8 heteroatoms. The lowest BCUT2D eigenvalue weighted by molar-refractivity contribution is -0.123. The number of rotatable bonds is 6. The number of fused-ring (bicyclic) bond motifs is 1. The van der Waals surface area contributed by atoms with Gasteiger partial charge in [0, 0.05) is 5.02 Å². The minimum absolute atomic E-state index is 0.136. The fourth-order valence-corrected chi connectivity index (χ4v) is 3.81. The second-order valence-electron chi connectivity index (χ2n) is 6.03. The molecule has 2 N–H and O–H groups in total. The number of carbonyl (C=O) groups excluding carboxylic acids is 1. The third-order valence-corrected chi connectivity index (χ3v) is 5.64. The molecule has 0 spiro atoms. The topological polar surface area (TPSA) is 84.5 Å². The number of nitrogens with one attached hydrogen (secondary N) is 2. The Morgan fingerprint density at radius 2 is 1.73 bits per heavy atom. The minimum atomic E-state index is -3.83. The quantitative estimate of drug-likeness (QED) is 0.737. The molecule has 0 fully saturated rings. The van der Waals surface area contributed by atoms with Crippen LogP contribution in [0.25, 0.3) is 0 Å². The first-order valence-corrected chi connectivity index (χ1v) is 10.1. The number of halogens is 1. The predicted octanol–water partition coefficient (Wildman–Crippen LogP) is 2.61. The summed E-state index contributed by atoms with van der Waals surface area (Å²) in [5.41, 5.74) is 4.40. The van der Waals surface area contributed by atoms with Gasteiger partial charge in [-0.3, -0.25) is 10.2 Å². The number of aryl methyl sites for hydroxylation is 2. The van der Waals surface area contributed by atoms with Crippen molar-refractivity contribution in [2.24, 2.45) is 0 Å². The van der Waals surface area contributed by atoms with Crippen LogP contribution in [-0.4, -0.2) is 20.9 Å². The number of sulfonamides is 1. The molecule has 0 saturated heterocycles. The van der Waals surface area contributed by atoms with Crippen molar-refractivity contribution >= 4 is 27.5 Å². The summed E-state index contributed by atoms with van der Waals surface area (Å²) in [5.74, 6) is -0.149. The molecule has 0 saturated carbocycles. The van der Waals surface area contributed by atoms with E-state index >= 15 is 0 Å². The van der Waals surface area contributed by atoms with Gasteiger partial charge in [0.05, 0.1) is 4.90 Å². The first-order valence-electron chi connectivity index (χ1n) is 8.25. The molecule has 0 aliphatic heterocycles. The van der Waals surface area contributed by atoms with E-state index in [0.717, 1.165) is 31.2 Å². The number of amides is 1. The van der Waals surface area contributed by atoms with E-state index in [9.17, 15) is 13.2 Å². The first kappa shape index (κ1) is 18.7. The lowest BCUT2D eigenvalue weighted by Gasteiger charge is -2.17. The van der Waals surface area contributed by atoms with E-state index in [-0.39, 0.29) is 11.5 Å². The van der Waals surface area contributed by atoms with Gasteiger partial charge in [0.2, 0.25) is 0 Å². The zero-order chi connectivity index (χ0) is 18.6. The van der Waals surface area contributed by atoms with Crippen molar-refractivity contribution in [1.29, 1.82) is 0 Å². The number of carbonyl (C=O) groups is 1. The van der Waals surface area contributed by atoms with Crippen molar-refractivity contribution in [2.75, 3.05) is 6.61 Å². The highest BCUT2D eigenvalue weighted by Gasteiger charge is 2.18. The van der Waals surface area contributed by atoms with E-state index < -0.39 is 15.9 Å². The van der Waals surface area contributed by atoms with Gasteiger partial charge in [-0.05, 0) is 73.2 Å². The van der Waals surface area contributed by atoms with Gasteiger partial charge in [0.25, 0.3) is 15.9 Å². The van der Waals surface area contributed by atoms with Gasteiger partial charge in [-0.25, -0.2) is 8.42 Å². The van der Waals surface area contributed by atoms with E-state index in [1.165, 1.54) is 5.56 Å². The first-order chi connectivity index (χ1) is 12.4. The average molecular weight is 395 g/mol. The molecule has 0 unspecified atom stereocenters. The summed E-state index contributed by atoms with van der Waals surface area (Å²) in [6.45, 7) is -0.325. The molecule has 0 bridgehead atoms. The van der Waals surface area contributed by atoms with Crippen LogP contribution in [-0.2, 0) is 27.7 Å². The molecule has 26 heavy (non-hydrogen) atoms. The van der Waals surface area contributed by atoms with E-state index in [2.05, 4.69) is 10.3 Å². The molecule has 1 amide bonds. The van der Waals surface area contributed by atoms with Gasteiger partial charge in [-0.1, -0.05) is 17.7 Å².